The van der Waals surface area contributed by atoms with Crippen molar-refractivity contribution in [3.05, 3.63) is 17.8 Å². The predicted octanol–water partition coefficient (Wildman–Crippen LogP) is 1.35. The quantitative estimate of drug-likeness (QED) is 0.780. The van der Waals surface area contributed by atoms with Gasteiger partial charge in [-0.05, 0) is 0 Å². The second-order valence-electron chi connectivity index (χ2n) is 5.99. The van der Waals surface area contributed by atoms with Gasteiger partial charge in [0.1, 0.15) is 5.76 Å². The molecule has 0 aliphatic carbocycles. The molecule has 0 N–H and O–H groups in total. The first kappa shape index (κ1) is 15.0. The van der Waals surface area contributed by atoms with Gasteiger partial charge in [0.2, 0.25) is 5.89 Å². The van der Waals surface area contributed by atoms with Crippen molar-refractivity contribution in [3.63, 3.8) is 0 Å². The van der Waals surface area contributed by atoms with Crippen LogP contribution in [0.2, 0.25) is 0 Å². The van der Waals surface area contributed by atoms with Gasteiger partial charge >= 0.3 is 5.97 Å². The summed E-state index contributed by atoms with van der Waals surface area (Å²) in [6.07, 6.45) is 1.25. The van der Waals surface area contributed by atoms with Crippen LogP contribution >= 0.6 is 0 Å². The van der Waals surface area contributed by atoms with Gasteiger partial charge in [-0.3, -0.25) is 4.90 Å². The minimum absolute atomic E-state index is 0.0508. The maximum absolute atomic E-state index is 11.5. The Morgan fingerprint density at radius 3 is 2.90 bits per heavy atom. The van der Waals surface area contributed by atoms with Crippen LogP contribution < -0.4 is 0 Å². The molecule has 1 aromatic rings. The zero-order chi connectivity index (χ0) is 14.8. The smallest absolute Gasteiger partial charge is 0.336 e. The first-order chi connectivity index (χ1) is 9.40. The normalized spacial score (nSPS) is 20.9. The fourth-order valence-corrected chi connectivity index (χ4v) is 2.04. The average Bonchev–Trinajstić information content (AvgIpc) is 2.86. The standard InChI is InChI=1S/C14H22N2O4/c1-14(2,3)11-7-15-12(20-11)9-16-5-6-19-10(8-16)13(17)18-4/h7,10H,5-6,8-9H2,1-4H3. The van der Waals surface area contributed by atoms with Gasteiger partial charge in [0.15, 0.2) is 6.10 Å². The van der Waals surface area contributed by atoms with E-state index in [2.05, 4.69) is 30.7 Å². The predicted molar refractivity (Wildman–Crippen MR) is 72.2 cm³/mol. The van der Waals surface area contributed by atoms with E-state index in [4.69, 9.17) is 13.9 Å². The summed E-state index contributed by atoms with van der Waals surface area (Å²) >= 11 is 0. The lowest BCUT2D eigenvalue weighted by Gasteiger charge is -2.30. The highest BCUT2D eigenvalue weighted by Gasteiger charge is 2.28. The molecule has 2 heterocycles. The Balaban J connectivity index is 1.96. The Labute approximate surface area is 119 Å². The second kappa shape index (κ2) is 5.93. The van der Waals surface area contributed by atoms with E-state index in [0.29, 0.717) is 25.6 Å². The fraction of sp³-hybridized carbons (Fsp3) is 0.714. The van der Waals surface area contributed by atoms with E-state index >= 15 is 0 Å². The molecule has 0 spiro atoms. The maximum atomic E-state index is 11.5. The summed E-state index contributed by atoms with van der Waals surface area (Å²) in [5.41, 5.74) is -0.0508. The summed E-state index contributed by atoms with van der Waals surface area (Å²) in [5, 5.41) is 0. The van der Waals surface area contributed by atoms with Crippen molar-refractivity contribution in [1.82, 2.24) is 9.88 Å². The molecule has 1 saturated heterocycles. The monoisotopic (exact) mass is 282 g/mol. The number of morpholine rings is 1. The largest absolute Gasteiger partial charge is 0.467 e. The van der Waals surface area contributed by atoms with Crippen molar-refractivity contribution in [2.45, 2.75) is 38.8 Å². The Morgan fingerprint density at radius 1 is 1.55 bits per heavy atom. The number of hydrogen-bond donors (Lipinski definition) is 0. The van der Waals surface area contributed by atoms with Crippen molar-refractivity contribution < 1.29 is 18.7 Å². The van der Waals surface area contributed by atoms with Crippen molar-refractivity contribution in [1.29, 1.82) is 0 Å². The van der Waals surface area contributed by atoms with Crippen LogP contribution in [0.15, 0.2) is 10.6 Å². The summed E-state index contributed by atoms with van der Waals surface area (Å²) in [6, 6.07) is 0. The molecule has 1 unspecified atom stereocenters. The molecule has 2 rings (SSSR count). The summed E-state index contributed by atoms with van der Waals surface area (Å²) in [5.74, 6) is 1.20. The molecular weight excluding hydrogens is 260 g/mol. The Hall–Kier alpha value is -1.40. The molecule has 0 amide bonds. The molecule has 20 heavy (non-hydrogen) atoms. The van der Waals surface area contributed by atoms with Crippen LogP contribution in [0, 0.1) is 0 Å². The Morgan fingerprint density at radius 2 is 2.30 bits per heavy atom. The van der Waals surface area contributed by atoms with Crippen molar-refractivity contribution >= 4 is 5.97 Å². The van der Waals surface area contributed by atoms with Crippen LogP contribution in [-0.4, -0.2) is 48.8 Å². The molecule has 6 heteroatoms. The highest BCUT2D eigenvalue weighted by atomic mass is 16.6. The summed E-state index contributed by atoms with van der Waals surface area (Å²) in [4.78, 5) is 17.9. The first-order valence-electron chi connectivity index (χ1n) is 6.77. The van der Waals surface area contributed by atoms with Crippen LogP contribution in [0.25, 0.3) is 0 Å². The number of rotatable bonds is 3. The molecule has 0 aromatic carbocycles. The lowest BCUT2D eigenvalue weighted by atomic mass is 9.94. The van der Waals surface area contributed by atoms with Gasteiger partial charge in [0.25, 0.3) is 0 Å². The minimum atomic E-state index is -0.522. The van der Waals surface area contributed by atoms with E-state index in [-0.39, 0.29) is 11.4 Å². The Bertz CT molecular complexity index is 464. The van der Waals surface area contributed by atoms with Crippen LogP contribution in [0.4, 0.5) is 0 Å². The number of hydrogen-bond acceptors (Lipinski definition) is 6. The van der Waals surface area contributed by atoms with Crippen molar-refractivity contribution in [3.8, 4) is 0 Å². The van der Waals surface area contributed by atoms with Gasteiger partial charge in [-0.2, -0.15) is 0 Å². The highest BCUT2D eigenvalue weighted by molar-refractivity contribution is 5.74. The molecule has 112 valence electrons. The molecule has 1 aliphatic heterocycles. The molecule has 1 aromatic heterocycles. The van der Waals surface area contributed by atoms with Crippen LogP contribution in [0.5, 0.6) is 0 Å². The van der Waals surface area contributed by atoms with E-state index in [1.165, 1.54) is 7.11 Å². The van der Waals surface area contributed by atoms with E-state index < -0.39 is 6.10 Å². The fourth-order valence-electron chi connectivity index (χ4n) is 2.04. The van der Waals surface area contributed by atoms with E-state index in [9.17, 15) is 4.79 Å². The number of esters is 1. The van der Waals surface area contributed by atoms with Gasteiger partial charge in [-0.15, -0.1) is 0 Å². The third-order valence-electron chi connectivity index (χ3n) is 3.27. The van der Waals surface area contributed by atoms with Crippen LogP contribution in [0.1, 0.15) is 32.4 Å². The van der Waals surface area contributed by atoms with Crippen LogP contribution in [0.3, 0.4) is 0 Å². The third-order valence-corrected chi connectivity index (χ3v) is 3.27. The van der Waals surface area contributed by atoms with Gasteiger partial charge in [-0.25, -0.2) is 9.78 Å². The molecule has 0 bridgehead atoms. The summed E-state index contributed by atoms with van der Waals surface area (Å²) in [7, 11) is 1.37. The lowest BCUT2D eigenvalue weighted by molar-refractivity contribution is -0.160. The molecule has 0 radical (unpaired) electrons. The number of methoxy groups -OCH3 is 1. The second-order valence-corrected chi connectivity index (χ2v) is 5.99. The lowest BCUT2D eigenvalue weighted by Crippen LogP contribution is -2.46. The zero-order valence-electron chi connectivity index (χ0n) is 12.5. The molecule has 1 atom stereocenters. The number of aromatic nitrogens is 1. The maximum Gasteiger partial charge on any atom is 0.336 e. The van der Waals surface area contributed by atoms with E-state index in [0.717, 1.165) is 12.3 Å². The molecule has 1 fully saturated rings. The van der Waals surface area contributed by atoms with E-state index in [1.807, 2.05) is 0 Å². The van der Waals surface area contributed by atoms with Crippen LogP contribution in [-0.2, 0) is 26.2 Å². The topological polar surface area (TPSA) is 64.8 Å². The molecular formula is C14H22N2O4. The summed E-state index contributed by atoms with van der Waals surface area (Å²) in [6.45, 7) is 8.58. The number of carbonyl (C=O) groups excluding carboxylic acids is 1. The highest BCUT2D eigenvalue weighted by Crippen LogP contribution is 2.23. The third kappa shape index (κ3) is 3.58. The number of oxazole rings is 1. The number of ether oxygens (including phenoxy) is 2. The van der Waals surface area contributed by atoms with Crippen molar-refractivity contribution in [2.75, 3.05) is 26.8 Å². The molecule has 0 saturated carbocycles. The van der Waals surface area contributed by atoms with Gasteiger partial charge < -0.3 is 13.9 Å². The SMILES string of the molecule is COC(=O)C1CN(Cc2ncc(C(C)(C)C)o2)CCO1. The Kier molecular flexibility index (Phi) is 4.45. The van der Waals surface area contributed by atoms with Gasteiger partial charge in [-0.1, -0.05) is 20.8 Å². The number of nitrogens with zero attached hydrogens (tertiary/aromatic N) is 2. The number of carbonyl (C=O) groups is 1. The molecule has 1 aliphatic rings. The average molecular weight is 282 g/mol. The molecule has 6 nitrogen and oxygen atoms in total. The van der Waals surface area contributed by atoms with Gasteiger partial charge in [0.05, 0.1) is 26.5 Å². The zero-order valence-corrected chi connectivity index (χ0v) is 12.5. The van der Waals surface area contributed by atoms with E-state index in [1.54, 1.807) is 6.20 Å². The van der Waals surface area contributed by atoms with Crippen molar-refractivity contribution in [2.24, 2.45) is 0 Å². The first-order valence-corrected chi connectivity index (χ1v) is 6.77. The minimum Gasteiger partial charge on any atom is -0.467 e. The summed E-state index contributed by atoms with van der Waals surface area (Å²) < 4.78 is 15.9. The van der Waals surface area contributed by atoms with Gasteiger partial charge in [0, 0.05) is 18.5 Å².